The van der Waals surface area contributed by atoms with E-state index in [1.54, 1.807) is 42.0 Å². The van der Waals surface area contributed by atoms with Crippen LogP contribution in [0.4, 0.5) is 0 Å². The number of thiazole rings is 1. The number of hydrogen-bond donors (Lipinski definition) is 0. The van der Waals surface area contributed by atoms with Crippen molar-refractivity contribution < 1.29 is 9.47 Å². The topological polar surface area (TPSA) is 76.6 Å². The molecule has 0 aliphatic rings. The number of ether oxygens (including phenoxy) is 2. The molecule has 0 spiro atoms. The minimum atomic E-state index is -0.162. The average Bonchev–Trinajstić information content (AvgIpc) is 3.30. The lowest BCUT2D eigenvalue weighted by atomic mass is 9.98. The van der Waals surface area contributed by atoms with Crippen LogP contribution in [0.25, 0.3) is 28.2 Å². The Bertz CT molecular complexity index is 1450. The van der Waals surface area contributed by atoms with Gasteiger partial charge in [-0.1, -0.05) is 45.0 Å². The molecule has 34 heavy (non-hydrogen) atoms. The third-order valence-electron chi connectivity index (χ3n) is 5.10. The molecule has 0 amide bonds. The summed E-state index contributed by atoms with van der Waals surface area (Å²) in [7, 11) is 1.61. The predicted octanol–water partition coefficient (Wildman–Crippen LogP) is 5.90. The molecule has 4 rings (SSSR count). The molecular weight excluding hydrogens is 446 g/mol. The fraction of sp³-hybridized carbons (Fsp3) is 0.222. The molecule has 0 radical (unpaired) electrons. The number of para-hydroxylation sites is 1. The first-order chi connectivity index (χ1) is 16.3. The van der Waals surface area contributed by atoms with Crippen LogP contribution in [-0.4, -0.2) is 23.1 Å². The van der Waals surface area contributed by atoms with Gasteiger partial charge < -0.3 is 9.47 Å². The molecule has 4 aromatic rings. The van der Waals surface area contributed by atoms with Crippen molar-refractivity contribution in [1.82, 2.24) is 9.38 Å². The number of hydrogen-bond acceptors (Lipinski definition) is 6. The van der Waals surface area contributed by atoms with Gasteiger partial charge in [0.05, 0.1) is 36.6 Å². The first kappa shape index (κ1) is 23.3. The van der Waals surface area contributed by atoms with Gasteiger partial charge in [0.15, 0.2) is 16.5 Å². The number of benzene rings is 2. The van der Waals surface area contributed by atoms with Crippen LogP contribution in [0.15, 0.2) is 58.8 Å². The number of nitrogens with zero attached hydrogens (tertiary/aromatic N) is 3. The average molecular weight is 472 g/mol. The maximum Gasteiger partial charge on any atom is 0.266 e. The molecule has 0 saturated carbocycles. The van der Waals surface area contributed by atoms with E-state index in [2.05, 4.69) is 26.8 Å². The van der Waals surface area contributed by atoms with E-state index in [1.165, 1.54) is 11.3 Å². The number of fused-ring (bicyclic) bond motifs is 1. The van der Waals surface area contributed by atoms with E-state index in [0.717, 1.165) is 5.56 Å². The Morgan fingerprint density at radius 1 is 1.15 bits per heavy atom. The molecule has 0 unspecified atom stereocenters. The van der Waals surface area contributed by atoms with E-state index in [-0.39, 0.29) is 11.0 Å². The minimum Gasteiger partial charge on any atom is -0.493 e. The smallest absolute Gasteiger partial charge is 0.266 e. The largest absolute Gasteiger partial charge is 0.493 e. The molecule has 2 aromatic carbocycles. The second-order valence-corrected chi connectivity index (χ2v) is 9.86. The summed E-state index contributed by atoms with van der Waals surface area (Å²) in [5.74, 6) is 1.28. The van der Waals surface area contributed by atoms with Gasteiger partial charge in [0.1, 0.15) is 0 Å². The van der Waals surface area contributed by atoms with Crippen molar-refractivity contribution in [3.63, 3.8) is 0 Å². The molecule has 7 heteroatoms. The van der Waals surface area contributed by atoms with Crippen LogP contribution in [0.2, 0.25) is 0 Å². The zero-order chi connectivity index (χ0) is 24.3. The third-order valence-corrected chi connectivity index (χ3v) is 5.85. The standard InChI is InChI=1S/C27H25N3O3S/c1-27(2,3)17-33-24-20(6-5-7-22(24)32-4)12-13-21-23(19-10-8-18(16-28)9-11-19)25(31)30-14-15-34-26(30)29-21/h5-15H,17H2,1-4H3/b13-12+. The monoisotopic (exact) mass is 471 g/mol. The Labute approximate surface area is 202 Å². The van der Waals surface area contributed by atoms with Crippen molar-refractivity contribution in [2.45, 2.75) is 20.8 Å². The lowest BCUT2D eigenvalue weighted by Gasteiger charge is -2.21. The van der Waals surface area contributed by atoms with E-state index in [0.29, 0.717) is 45.5 Å². The molecule has 6 nitrogen and oxygen atoms in total. The molecule has 0 atom stereocenters. The number of methoxy groups -OCH3 is 1. The van der Waals surface area contributed by atoms with Crippen molar-refractivity contribution in [2.75, 3.05) is 13.7 Å². The minimum absolute atomic E-state index is 0.0228. The summed E-state index contributed by atoms with van der Waals surface area (Å²) in [5, 5.41) is 11.0. The van der Waals surface area contributed by atoms with Gasteiger partial charge in [-0.2, -0.15) is 5.26 Å². The maximum absolute atomic E-state index is 13.3. The van der Waals surface area contributed by atoms with Crippen molar-refractivity contribution in [3.8, 4) is 28.7 Å². The van der Waals surface area contributed by atoms with E-state index >= 15 is 0 Å². The van der Waals surface area contributed by atoms with E-state index in [9.17, 15) is 4.79 Å². The molecule has 0 saturated heterocycles. The van der Waals surface area contributed by atoms with E-state index in [4.69, 9.17) is 19.7 Å². The Morgan fingerprint density at radius 3 is 2.59 bits per heavy atom. The van der Waals surface area contributed by atoms with Crippen molar-refractivity contribution in [1.29, 1.82) is 5.26 Å². The van der Waals surface area contributed by atoms with Gasteiger partial charge in [0.25, 0.3) is 5.56 Å². The molecule has 2 heterocycles. The molecule has 172 valence electrons. The highest BCUT2D eigenvalue weighted by Gasteiger charge is 2.17. The molecule has 0 aliphatic heterocycles. The zero-order valence-electron chi connectivity index (χ0n) is 19.5. The van der Waals surface area contributed by atoms with Gasteiger partial charge in [-0.3, -0.25) is 9.20 Å². The van der Waals surface area contributed by atoms with Crippen LogP contribution in [-0.2, 0) is 0 Å². The Kier molecular flexibility index (Phi) is 6.53. The quantitative estimate of drug-likeness (QED) is 0.350. The Morgan fingerprint density at radius 2 is 1.91 bits per heavy atom. The summed E-state index contributed by atoms with van der Waals surface area (Å²) in [4.78, 5) is 18.7. The van der Waals surface area contributed by atoms with Gasteiger partial charge in [-0.15, -0.1) is 11.3 Å². The molecule has 0 aliphatic carbocycles. The van der Waals surface area contributed by atoms with Crippen LogP contribution in [0.1, 0.15) is 37.6 Å². The lowest BCUT2D eigenvalue weighted by molar-refractivity contribution is 0.191. The first-order valence-corrected chi connectivity index (χ1v) is 11.7. The third kappa shape index (κ3) is 4.87. The molecule has 0 N–H and O–H groups in total. The summed E-state index contributed by atoms with van der Waals surface area (Å²) in [5.41, 5.74) is 2.88. The predicted molar refractivity (Wildman–Crippen MR) is 136 cm³/mol. The lowest BCUT2D eigenvalue weighted by Crippen LogP contribution is -2.17. The highest BCUT2D eigenvalue weighted by Crippen LogP contribution is 2.34. The maximum atomic E-state index is 13.3. The van der Waals surface area contributed by atoms with Crippen molar-refractivity contribution >= 4 is 28.4 Å². The fourth-order valence-corrected chi connectivity index (χ4v) is 4.15. The second-order valence-electron chi connectivity index (χ2n) is 8.98. The highest BCUT2D eigenvalue weighted by atomic mass is 32.1. The van der Waals surface area contributed by atoms with Crippen LogP contribution in [0.5, 0.6) is 11.5 Å². The van der Waals surface area contributed by atoms with Crippen LogP contribution in [0.3, 0.4) is 0 Å². The van der Waals surface area contributed by atoms with Gasteiger partial charge in [0.2, 0.25) is 0 Å². The molecular formula is C27H25N3O3S. The normalized spacial score (nSPS) is 11.6. The summed E-state index contributed by atoms with van der Waals surface area (Å²) in [6, 6.07) is 14.8. The molecule has 0 fully saturated rings. The van der Waals surface area contributed by atoms with Gasteiger partial charge in [-0.25, -0.2) is 4.98 Å². The summed E-state index contributed by atoms with van der Waals surface area (Å²) < 4.78 is 13.2. The zero-order valence-corrected chi connectivity index (χ0v) is 20.3. The summed E-state index contributed by atoms with van der Waals surface area (Å²) in [6.07, 6.45) is 5.43. The van der Waals surface area contributed by atoms with Crippen molar-refractivity contribution in [2.24, 2.45) is 5.41 Å². The van der Waals surface area contributed by atoms with E-state index in [1.807, 2.05) is 35.7 Å². The summed E-state index contributed by atoms with van der Waals surface area (Å²) >= 11 is 1.40. The SMILES string of the molecule is COc1cccc(/C=C/c2nc3sccn3c(=O)c2-c2ccc(C#N)cc2)c1OCC(C)(C)C. The van der Waals surface area contributed by atoms with Crippen LogP contribution in [0, 0.1) is 16.7 Å². The van der Waals surface area contributed by atoms with Crippen molar-refractivity contribution in [3.05, 3.63) is 81.2 Å². The second kappa shape index (κ2) is 9.54. The van der Waals surface area contributed by atoms with Gasteiger partial charge >= 0.3 is 0 Å². The molecule has 0 bridgehead atoms. The Balaban J connectivity index is 1.83. The first-order valence-electron chi connectivity index (χ1n) is 10.8. The number of nitriles is 1. The van der Waals surface area contributed by atoms with Crippen LogP contribution >= 0.6 is 11.3 Å². The number of aromatic nitrogens is 2. The number of rotatable bonds is 6. The summed E-state index contributed by atoms with van der Waals surface area (Å²) in [6.45, 7) is 6.84. The van der Waals surface area contributed by atoms with Gasteiger partial charge in [0, 0.05) is 17.1 Å². The fourth-order valence-electron chi connectivity index (χ4n) is 3.44. The van der Waals surface area contributed by atoms with Crippen LogP contribution < -0.4 is 15.0 Å². The molecule has 2 aromatic heterocycles. The Hall–Kier alpha value is -3.89. The van der Waals surface area contributed by atoms with E-state index < -0.39 is 0 Å². The highest BCUT2D eigenvalue weighted by molar-refractivity contribution is 7.15. The van der Waals surface area contributed by atoms with Gasteiger partial charge in [-0.05, 0) is 41.3 Å².